The molecule has 1 aliphatic rings. The number of allylic oxidation sites excluding steroid dienone is 1. The number of carbonyl (C=O) groups is 1. The van der Waals surface area contributed by atoms with Gasteiger partial charge in [-0.1, -0.05) is 24.3 Å². The van der Waals surface area contributed by atoms with Crippen LogP contribution in [0.5, 0.6) is 11.5 Å². The minimum atomic E-state index is -0.760. The largest absolute Gasteiger partial charge is 0.456 e. The first kappa shape index (κ1) is 19.6. The van der Waals surface area contributed by atoms with Crippen LogP contribution in [-0.2, 0) is 12.8 Å². The van der Waals surface area contributed by atoms with Crippen molar-refractivity contribution in [2.75, 3.05) is 0 Å². The third kappa shape index (κ3) is 4.17. The van der Waals surface area contributed by atoms with Crippen molar-refractivity contribution in [2.45, 2.75) is 12.8 Å². The fourth-order valence-electron chi connectivity index (χ4n) is 3.43. The molecule has 0 unspecified atom stereocenters. The lowest BCUT2D eigenvalue weighted by atomic mass is 9.98. The molecule has 0 atom stereocenters. The van der Waals surface area contributed by atoms with Crippen molar-refractivity contribution >= 4 is 34.6 Å². The number of primary amides is 1. The molecule has 29 heavy (non-hydrogen) atoms. The van der Waals surface area contributed by atoms with Gasteiger partial charge in [-0.3, -0.25) is 4.79 Å². The molecule has 6 heteroatoms. The van der Waals surface area contributed by atoms with Crippen LogP contribution in [0.2, 0.25) is 0 Å². The van der Waals surface area contributed by atoms with Crippen LogP contribution < -0.4 is 10.5 Å². The highest BCUT2D eigenvalue weighted by molar-refractivity contribution is 14.1. The Morgan fingerprint density at radius 3 is 2.66 bits per heavy atom. The van der Waals surface area contributed by atoms with E-state index in [4.69, 9.17) is 10.5 Å². The number of amides is 1. The summed E-state index contributed by atoms with van der Waals surface area (Å²) in [6, 6.07) is 12.6. The second kappa shape index (κ2) is 7.94. The van der Waals surface area contributed by atoms with Gasteiger partial charge >= 0.3 is 0 Å². The minimum absolute atomic E-state index is 0.0171. The average Bonchev–Trinajstić information content (AvgIpc) is 3.11. The third-order valence-corrected chi connectivity index (χ3v) is 5.44. The standard InChI is InChI=1S/C23H16F2INO2/c24-17-9-16(8-15-4-6-18(26)12-20(15)25)22(23(27)28)21(11-17)29-19-7-5-13-2-1-3-14(13)10-19/h1-2,4-7,9-12H,3,8H2,(H2,27,28). The number of hydrogen-bond donors (Lipinski definition) is 1. The summed E-state index contributed by atoms with van der Waals surface area (Å²) < 4.78 is 35.2. The van der Waals surface area contributed by atoms with E-state index in [0.717, 1.165) is 27.2 Å². The Kier molecular flexibility index (Phi) is 5.36. The molecule has 3 aromatic carbocycles. The molecule has 0 aliphatic heterocycles. The van der Waals surface area contributed by atoms with Crippen molar-refractivity contribution in [1.82, 2.24) is 0 Å². The van der Waals surface area contributed by atoms with Gasteiger partial charge in [0.05, 0.1) is 5.56 Å². The van der Waals surface area contributed by atoms with E-state index in [9.17, 15) is 13.6 Å². The van der Waals surface area contributed by atoms with Gasteiger partial charge in [0.25, 0.3) is 5.91 Å². The summed E-state index contributed by atoms with van der Waals surface area (Å²) in [7, 11) is 0. The third-order valence-electron chi connectivity index (χ3n) is 4.77. The highest BCUT2D eigenvalue weighted by atomic mass is 127. The van der Waals surface area contributed by atoms with E-state index in [-0.39, 0.29) is 23.3 Å². The molecule has 1 amide bonds. The Morgan fingerprint density at radius 1 is 1.07 bits per heavy atom. The summed E-state index contributed by atoms with van der Waals surface area (Å²) >= 11 is 2.01. The molecule has 0 heterocycles. The molecular weight excluding hydrogens is 487 g/mol. The minimum Gasteiger partial charge on any atom is -0.456 e. The molecule has 0 bridgehead atoms. The average molecular weight is 503 g/mol. The van der Waals surface area contributed by atoms with E-state index in [1.165, 1.54) is 12.1 Å². The van der Waals surface area contributed by atoms with E-state index < -0.39 is 17.5 Å². The van der Waals surface area contributed by atoms with Gasteiger partial charge < -0.3 is 10.5 Å². The molecule has 2 N–H and O–H groups in total. The van der Waals surface area contributed by atoms with Gasteiger partial charge in [-0.2, -0.15) is 0 Å². The van der Waals surface area contributed by atoms with Gasteiger partial charge in [0, 0.05) is 16.1 Å². The molecule has 3 nitrogen and oxygen atoms in total. The van der Waals surface area contributed by atoms with Gasteiger partial charge in [-0.05, 0) is 81.6 Å². The smallest absolute Gasteiger partial charge is 0.252 e. The van der Waals surface area contributed by atoms with E-state index in [0.29, 0.717) is 11.3 Å². The summed E-state index contributed by atoms with van der Waals surface area (Å²) in [6.45, 7) is 0. The Hall–Kier alpha value is -2.74. The maximum Gasteiger partial charge on any atom is 0.252 e. The van der Waals surface area contributed by atoms with Gasteiger partial charge in [0.1, 0.15) is 23.1 Å². The van der Waals surface area contributed by atoms with Crippen LogP contribution in [-0.4, -0.2) is 5.91 Å². The molecular formula is C23H16F2INO2. The molecule has 3 aromatic rings. The molecule has 0 fully saturated rings. The van der Waals surface area contributed by atoms with Crippen LogP contribution in [0.25, 0.3) is 6.08 Å². The molecule has 1 aliphatic carbocycles. The van der Waals surface area contributed by atoms with Crippen molar-refractivity contribution in [3.05, 3.63) is 97.6 Å². The van der Waals surface area contributed by atoms with Crippen LogP contribution >= 0.6 is 22.6 Å². The van der Waals surface area contributed by atoms with Gasteiger partial charge in [0.15, 0.2) is 0 Å². The number of carbonyl (C=O) groups excluding carboxylic acids is 1. The molecule has 146 valence electrons. The van der Waals surface area contributed by atoms with Crippen LogP contribution in [0.4, 0.5) is 8.78 Å². The quantitative estimate of drug-likeness (QED) is 0.460. The van der Waals surface area contributed by atoms with E-state index in [2.05, 4.69) is 0 Å². The predicted molar refractivity (Wildman–Crippen MR) is 116 cm³/mol. The van der Waals surface area contributed by atoms with Crippen LogP contribution in [0, 0.1) is 15.2 Å². The van der Waals surface area contributed by atoms with E-state index in [1.807, 2.05) is 46.9 Å². The number of rotatable bonds is 5. The van der Waals surface area contributed by atoms with Crippen molar-refractivity contribution in [3.63, 3.8) is 0 Å². The first-order valence-electron chi connectivity index (χ1n) is 8.94. The maximum atomic E-state index is 14.3. The lowest BCUT2D eigenvalue weighted by molar-refractivity contribution is 0.0997. The summed E-state index contributed by atoms with van der Waals surface area (Å²) in [6.07, 6.45) is 4.86. The Bertz CT molecular complexity index is 1160. The normalized spacial score (nSPS) is 12.1. The zero-order valence-corrected chi connectivity index (χ0v) is 17.4. The maximum absolute atomic E-state index is 14.3. The second-order valence-corrected chi connectivity index (χ2v) is 8.03. The van der Waals surface area contributed by atoms with Gasteiger partial charge in [0.2, 0.25) is 0 Å². The lowest BCUT2D eigenvalue weighted by Gasteiger charge is -2.15. The zero-order valence-electron chi connectivity index (χ0n) is 15.2. The summed E-state index contributed by atoms with van der Waals surface area (Å²) in [5, 5.41) is 0. The highest BCUT2D eigenvalue weighted by Crippen LogP contribution is 2.33. The molecule has 0 saturated carbocycles. The first-order chi connectivity index (χ1) is 13.9. The zero-order chi connectivity index (χ0) is 20.5. The summed E-state index contributed by atoms with van der Waals surface area (Å²) in [4.78, 5) is 12.2. The van der Waals surface area contributed by atoms with Crippen molar-refractivity contribution < 1.29 is 18.3 Å². The second-order valence-electron chi connectivity index (χ2n) is 6.78. The van der Waals surface area contributed by atoms with Crippen molar-refractivity contribution in [1.29, 1.82) is 0 Å². The lowest BCUT2D eigenvalue weighted by Crippen LogP contribution is -2.16. The molecule has 0 aromatic heterocycles. The molecule has 0 spiro atoms. The summed E-state index contributed by atoms with van der Waals surface area (Å²) in [5.74, 6) is -1.28. The number of fused-ring (bicyclic) bond motifs is 1. The number of hydrogen-bond acceptors (Lipinski definition) is 2. The number of ether oxygens (including phenoxy) is 1. The Morgan fingerprint density at radius 2 is 1.90 bits per heavy atom. The molecule has 4 rings (SSSR count). The van der Waals surface area contributed by atoms with Crippen molar-refractivity contribution in [3.8, 4) is 11.5 Å². The Balaban J connectivity index is 1.73. The van der Waals surface area contributed by atoms with Crippen molar-refractivity contribution in [2.24, 2.45) is 5.73 Å². The fraction of sp³-hybridized carbons (Fsp3) is 0.0870. The first-order valence-corrected chi connectivity index (χ1v) is 10.0. The predicted octanol–water partition coefficient (Wildman–Crippen LogP) is 5.62. The SMILES string of the molecule is NC(=O)c1c(Cc2ccc(I)cc2F)cc(F)cc1Oc1ccc2c(c1)CC=C2. The van der Waals surface area contributed by atoms with Crippen LogP contribution in [0.1, 0.15) is 32.6 Å². The van der Waals surface area contributed by atoms with Gasteiger partial charge in [-0.15, -0.1) is 0 Å². The van der Waals surface area contributed by atoms with Crippen LogP contribution in [0.3, 0.4) is 0 Å². The van der Waals surface area contributed by atoms with E-state index in [1.54, 1.807) is 18.2 Å². The van der Waals surface area contributed by atoms with Gasteiger partial charge in [-0.25, -0.2) is 8.78 Å². The topological polar surface area (TPSA) is 52.3 Å². The number of halogens is 3. The monoisotopic (exact) mass is 503 g/mol. The highest BCUT2D eigenvalue weighted by Gasteiger charge is 2.20. The fourth-order valence-corrected chi connectivity index (χ4v) is 3.88. The Labute approximate surface area is 180 Å². The summed E-state index contributed by atoms with van der Waals surface area (Å²) in [5.41, 5.74) is 8.42. The molecule has 0 radical (unpaired) electrons. The number of benzene rings is 3. The molecule has 0 saturated heterocycles. The van der Waals surface area contributed by atoms with Crippen LogP contribution in [0.15, 0.2) is 54.6 Å². The number of nitrogens with two attached hydrogens (primary N) is 1. The van der Waals surface area contributed by atoms with E-state index >= 15 is 0 Å².